The maximum atomic E-state index is 4.35. The van der Waals surface area contributed by atoms with Crippen LogP contribution in [0.15, 0.2) is 29.4 Å². The van der Waals surface area contributed by atoms with Crippen LogP contribution >= 0.6 is 0 Å². The van der Waals surface area contributed by atoms with E-state index in [1.807, 2.05) is 6.21 Å². The molecule has 0 radical (unpaired) electrons. The van der Waals surface area contributed by atoms with Crippen LogP contribution < -0.4 is 0 Å². The number of hydrogen-bond donors (Lipinski definition) is 0. The Morgan fingerprint density at radius 2 is 2.06 bits per heavy atom. The molecule has 1 aliphatic carbocycles. The van der Waals surface area contributed by atoms with Gasteiger partial charge in [-0.15, -0.1) is 10.2 Å². The van der Waals surface area contributed by atoms with Gasteiger partial charge in [0.05, 0.1) is 0 Å². The zero-order chi connectivity index (χ0) is 11.5. The van der Waals surface area contributed by atoms with Gasteiger partial charge in [0, 0.05) is 12.1 Å². The quantitative estimate of drug-likeness (QED) is 0.565. The first-order chi connectivity index (χ1) is 7.66. The van der Waals surface area contributed by atoms with Gasteiger partial charge < -0.3 is 0 Å². The molecule has 3 atom stereocenters. The molecule has 0 saturated carbocycles. The second kappa shape index (κ2) is 4.60. The van der Waals surface area contributed by atoms with Crippen LogP contribution in [0.3, 0.4) is 0 Å². The van der Waals surface area contributed by atoms with Crippen molar-refractivity contribution in [1.29, 1.82) is 0 Å². The summed E-state index contributed by atoms with van der Waals surface area (Å²) in [6.45, 7) is 6.75. The third kappa shape index (κ3) is 2.38. The Bertz CT molecular complexity index is 391. The third-order valence-corrected chi connectivity index (χ3v) is 3.23. The molecule has 16 heavy (non-hydrogen) atoms. The van der Waals surface area contributed by atoms with Crippen LogP contribution in [0.5, 0.6) is 0 Å². The monoisotopic (exact) mass is 218 g/mol. The van der Waals surface area contributed by atoms with Crippen molar-refractivity contribution in [2.75, 3.05) is 0 Å². The van der Waals surface area contributed by atoms with Crippen molar-refractivity contribution in [2.45, 2.75) is 27.2 Å². The standard InChI is InChI=1S/C12H18N4/c1-9-4-10(2)12(11(3)5-9)6-15-16-7-13-14-8-16/h4,6-8,10-12H,5H2,1-3H3. The molecular formula is C12H18N4. The highest BCUT2D eigenvalue weighted by atomic mass is 15.4. The summed E-state index contributed by atoms with van der Waals surface area (Å²) in [6, 6.07) is 0. The van der Waals surface area contributed by atoms with Crippen LogP contribution in [-0.4, -0.2) is 21.1 Å². The van der Waals surface area contributed by atoms with E-state index in [1.54, 1.807) is 17.3 Å². The van der Waals surface area contributed by atoms with Crippen molar-refractivity contribution in [3.8, 4) is 0 Å². The van der Waals surface area contributed by atoms with Crippen molar-refractivity contribution < 1.29 is 0 Å². The van der Waals surface area contributed by atoms with Crippen molar-refractivity contribution in [3.63, 3.8) is 0 Å². The largest absolute Gasteiger partial charge is 0.208 e. The van der Waals surface area contributed by atoms with Gasteiger partial charge >= 0.3 is 0 Å². The Balaban J connectivity index is 2.10. The average Bonchev–Trinajstić information content (AvgIpc) is 2.68. The Hall–Kier alpha value is -1.45. The van der Waals surface area contributed by atoms with Crippen LogP contribution in [0.2, 0.25) is 0 Å². The SMILES string of the molecule is CC1=CC(C)C(C=Nn2cnnc2)C(C)C1. The Morgan fingerprint density at radius 1 is 1.38 bits per heavy atom. The van der Waals surface area contributed by atoms with E-state index >= 15 is 0 Å². The summed E-state index contributed by atoms with van der Waals surface area (Å²) in [5, 5.41) is 11.8. The molecule has 0 amide bonds. The number of hydrogen-bond acceptors (Lipinski definition) is 3. The minimum absolute atomic E-state index is 0.506. The van der Waals surface area contributed by atoms with E-state index in [0.717, 1.165) is 0 Å². The maximum Gasteiger partial charge on any atom is 0.141 e. The minimum atomic E-state index is 0.506. The summed E-state index contributed by atoms with van der Waals surface area (Å²) >= 11 is 0. The normalized spacial score (nSPS) is 30.7. The van der Waals surface area contributed by atoms with Crippen LogP contribution in [0, 0.1) is 17.8 Å². The molecule has 1 heterocycles. The molecule has 2 rings (SSSR count). The minimum Gasteiger partial charge on any atom is -0.208 e. The molecule has 3 unspecified atom stereocenters. The number of nitrogens with zero attached hydrogens (tertiary/aromatic N) is 4. The molecule has 1 aromatic rings. The Labute approximate surface area is 96.1 Å². The lowest BCUT2D eigenvalue weighted by atomic mass is 9.76. The number of aromatic nitrogens is 3. The molecule has 4 nitrogen and oxygen atoms in total. The highest BCUT2D eigenvalue weighted by Gasteiger charge is 2.25. The lowest BCUT2D eigenvalue weighted by molar-refractivity contribution is 0.361. The molecule has 0 fully saturated rings. The van der Waals surface area contributed by atoms with Crippen LogP contribution in [0.4, 0.5) is 0 Å². The summed E-state index contributed by atoms with van der Waals surface area (Å²) in [6.07, 6.45) is 8.76. The first-order valence-electron chi connectivity index (χ1n) is 5.73. The van der Waals surface area contributed by atoms with Gasteiger partial charge in [-0.3, -0.25) is 0 Å². The second-order valence-electron chi connectivity index (χ2n) is 4.74. The molecule has 0 aliphatic heterocycles. The zero-order valence-electron chi connectivity index (χ0n) is 10.0. The van der Waals surface area contributed by atoms with Crippen LogP contribution in [-0.2, 0) is 0 Å². The van der Waals surface area contributed by atoms with Crippen LogP contribution in [0.25, 0.3) is 0 Å². The van der Waals surface area contributed by atoms with Crippen molar-refractivity contribution in [2.24, 2.45) is 22.9 Å². The van der Waals surface area contributed by atoms with E-state index in [2.05, 4.69) is 42.1 Å². The predicted octanol–water partition coefficient (Wildman–Crippen LogP) is 2.35. The zero-order valence-corrected chi connectivity index (χ0v) is 10.0. The number of rotatable bonds is 2. The van der Waals surface area contributed by atoms with E-state index in [9.17, 15) is 0 Å². The van der Waals surface area contributed by atoms with Gasteiger partial charge in [0.1, 0.15) is 12.7 Å². The highest BCUT2D eigenvalue weighted by Crippen LogP contribution is 2.32. The smallest absolute Gasteiger partial charge is 0.141 e. The molecule has 1 aliphatic rings. The van der Waals surface area contributed by atoms with Gasteiger partial charge in [0.15, 0.2) is 0 Å². The van der Waals surface area contributed by atoms with E-state index in [4.69, 9.17) is 0 Å². The van der Waals surface area contributed by atoms with Gasteiger partial charge in [0.2, 0.25) is 0 Å². The first kappa shape index (κ1) is 11.0. The van der Waals surface area contributed by atoms with Gasteiger partial charge in [-0.2, -0.15) is 5.10 Å². The Kier molecular flexibility index (Phi) is 3.17. The molecule has 0 saturated heterocycles. The summed E-state index contributed by atoms with van der Waals surface area (Å²) < 4.78 is 1.64. The van der Waals surface area contributed by atoms with Crippen molar-refractivity contribution in [3.05, 3.63) is 24.3 Å². The van der Waals surface area contributed by atoms with Gasteiger partial charge in [0.25, 0.3) is 0 Å². The fraction of sp³-hybridized carbons (Fsp3) is 0.583. The summed E-state index contributed by atoms with van der Waals surface area (Å²) in [5.74, 6) is 1.72. The second-order valence-corrected chi connectivity index (χ2v) is 4.74. The van der Waals surface area contributed by atoms with Crippen LogP contribution in [0.1, 0.15) is 27.2 Å². The fourth-order valence-corrected chi connectivity index (χ4v) is 2.48. The summed E-state index contributed by atoms with van der Waals surface area (Å²) in [5.41, 5.74) is 1.49. The topological polar surface area (TPSA) is 43.1 Å². The lowest BCUT2D eigenvalue weighted by Gasteiger charge is -2.29. The maximum absolute atomic E-state index is 4.35. The molecule has 86 valence electrons. The fourth-order valence-electron chi connectivity index (χ4n) is 2.48. The van der Waals surface area contributed by atoms with E-state index < -0.39 is 0 Å². The summed E-state index contributed by atoms with van der Waals surface area (Å²) in [4.78, 5) is 0. The highest BCUT2D eigenvalue weighted by molar-refractivity contribution is 5.62. The van der Waals surface area contributed by atoms with E-state index in [-0.39, 0.29) is 0 Å². The number of allylic oxidation sites excluding steroid dienone is 2. The first-order valence-corrected chi connectivity index (χ1v) is 5.73. The van der Waals surface area contributed by atoms with E-state index in [1.165, 1.54) is 12.0 Å². The van der Waals surface area contributed by atoms with Gasteiger partial charge in [-0.25, -0.2) is 4.68 Å². The predicted molar refractivity (Wildman–Crippen MR) is 64.1 cm³/mol. The molecule has 0 aromatic carbocycles. The van der Waals surface area contributed by atoms with Crippen molar-refractivity contribution >= 4 is 6.21 Å². The third-order valence-electron chi connectivity index (χ3n) is 3.23. The molecule has 0 bridgehead atoms. The molecule has 1 aromatic heterocycles. The van der Waals surface area contributed by atoms with Gasteiger partial charge in [-0.05, 0) is 25.2 Å². The van der Waals surface area contributed by atoms with E-state index in [0.29, 0.717) is 17.8 Å². The van der Waals surface area contributed by atoms with Gasteiger partial charge in [-0.1, -0.05) is 25.5 Å². The molecule has 0 N–H and O–H groups in total. The lowest BCUT2D eigenvalue weighted by Crippen LogP contribution is -2.24. The summed E-state index contributed by atoms with van der Waals surface area (Å²) in [7, 11) is 0. The Morgan fingerprint density at radius 3 is 2.69 bits per heavy atom. The molecule has 4 heteroatoms. The molecular weight excluding hydrogens is 200 g/mol. The molecule has 0 spiro atoms. The van der Waals surface area contributed by atoms with Crippen molar-refractivity contribution in [1.82, 2.24) is 14.9 Å². The average molecular weight is 218 g/mol.